The van der Waals surface area contributed by atoms with E-state index >= 15 is 0 Å². The van der Waals surface area contributed by atoms with Crippen molar-refractivity contribution in [3.05, 3.63) is 0 Å². The minimum Gasteiger partial charge on any atom is -0.463 e. The minimum atomic E-state index is -1.16. The van der Waals surface area contributed by atoms with E-state index in [4.69, 9.17) is 4.74 Å². The number of hydrogen-bond acceptors (Lipinski definition) is 6. The highest BCUT2D eigenvalue weighted by atomic mass is 16.6. The number of ketones is 2. The molecule has 7 heteroatoms. The summed E-state index contributed by atoms with van der Waals surface area (Å²) in [5, 5.41) is 0. The van der Waals surface area contributed by atoms with Gasteiger partial charge in [0.15, 0.2) is 0 Å². The predicted octanol–water partition coefficient (Wildman–Crippen LogP) is 0.555. The number of esters is 1. The molecule has 0 aromatic carbocycles. The third-order valence-corrected chi connectivity index (χ3v) is 2.77. The molecule has 1 amide bonds. The molecule has 0 aromatic heterocycles. The summed E-state index contributed by atoms with van der Waals surface area (Å²) in [6.45, 7) is 5.19. The summed E-state index contributed by atoms with van der Waals surface area (Å²) in [7, 11) is 1.07. The van der Waals surface area contributed by atoms with Gasteiger partial charge in [0, 0.05) is 19.5 Å². The largest absolute Gasteiger partial charge is 0.463 e. The SMILES string of the molecule is COC(=O)C(=O)C1CN(C(=O)OC(C)(C)C)CCC1=O. The van der Waals surface area contributed by atoms with Crippen LogP contribution < -0.4 is 0 Å². The maximum absolute atomic E-state index is 11.9. The third kappa shape index (κ3) is 4.04. The molecule has 0 saturated carbocycles. The lowest BCUT2D eigenvalue weighted by Gasteiger charge is -2.32. The molecule has 1 atom stereocenters. The zero-order valence-corrected chi connectivity index (χ0v) is 12.1. The molecule has 0 aromatic rings. The van der Waals surface area contributed by atoms with Gasteiger partial charge in [-0.05, 0) is 20.8 Å². The standard InChI is InChI=1S/C13H19NO6/c1-13(2,3)20-12(18)14-6-5-9(15)8(7-14)10(16)11(17)19-4/h8H,5-7H2,1-4H3. The van der Waals surface area contributed by atoms with Gasteiger partial charge in [-0.2, -0.15) is 0 Å². The maximum atomic E-state index is 11.9. The zero-order valence-electron chi connectivity index (χ0n) is 12.1. The van der Waals surface area contributed by atoms with Crippen molar-refractivity contribution in [2.24, 2.45) is 5.92 Å². The lowest BCUT2D eigenvalue weighted by molar-refractivity contribution is -0.156. The van der Waals surface area contributed by atoms with Crippen LogP contribution in [0.15, 0.2) is 0 Å². The molecule has 0 radical (unpaired) electrons. The van der Waals surface area contributed by atoms with Crippen molar-refractivity contribution in [3.63, 3.8) is 0 Å². The third-order valence-electron chi connectivity index (χ3n) is 2.77. The number of rotatable bonds is 2. The van der Waals surface area contributed by atoms with Crippen LogP contribution >= 0.6 is 0 Å². The predicted molar refractivity (Wildman–Crippen MR) is 67.9 cm³/mol. The number of hydrogen-bond donors (Lipinski definition) is 0. The molecule has 1 unspecified atom stereocenters. The smallest absolute Gasteiger partial charge is 0.410 e. The van der Waals surface area contributed by atoms with Gasteiger partial charge >= 0.3 is 12.1 Å². The van der Waals surface area contributed by atoms with E-state index in [0.717, 1.165) is 7.11 Å². The Kier molecular flexibility index (Phi) is 4.86. The van der Waals surface area contributed by atoms with Gasteiger partial charge < -0.3 is 14.4 Å². The molecule has 0 aliphatic carbocycles. The van der Waals surface area contributed by atoms with Gasteiger partial charge in [-0.25, -0.2) is 9.59 Å². The van der Waals surface area contributed by atoms with Gasteiger partial charge in [0.2, 0.25) is 0 Å². The van der Waals surface area contributed by atoms with Crippen molar-refractivity contribution in [1.82, 2.24) is 4.90 Å². The summed E-state index contributed by atoms with van der Waals surface area (Å²) >= 11 is 0. The van der Waals surface area contributed by atoms with Crippen molar-refractivity contribution in [3.8, 4) is 0 Å². The molecular weight excluding hydrogens is 266 g/mol. The molecule has 112 valence electrons. The molecule has 0 spiro atoms. The lowest BCUT2D eigenvalue weighted by atomic mass is 9.92. The first-order chi connectivity index (χ1) is 9.15. The summed E-state index contributed by atoms with van der Waals surface area (Å²) in [5.74, 6) is -3.52. The molecule has 20 heavy (non-hydrogen) atoms. The number of methoxy groups -OCH3 is 1. The number of carbonyl (C=O) groups excluding carboxylic acids is 4. The van der Waals surface area contributed by atoms with E-state index in [-0.39, 0.29) is 25.3 Å². The van der Waals surface area contributed by atoms with Crippen LogP contribution in [0.1, 0.15) is 27.2 Å². The molecule has 1 aliphatic heterocycles. The van der Waals surface area contributed by atoms with Crippen molar-refractivity contribution in [2.75, 3.05) is 20.2 Å². The maximum Gasteiger partial charge on any atom is 0.410 e. The average Bonchev–Trinajstić information content (AvgIpc) is 2.35. The van der Waals surface area contributed by atoms with Crippen LogP contribution in [0.2, 0.25) is 0 Å². The second kappa shape index (κ2) is 6.02. The van der Waals surface area contributed by atoms with Gasteiger partial charge in [-0.3, -0.25) is 9.59 Å². The number of likely N-dealkylation sites (tertiary alicyclic amines) is 1. The van der Waals surface area contributed by atoms with Gasteiger partial charge in [0.05, 0.1) is 7.11 Å². The zero-order chi connectivity index (χ0) is 15.5. The van der Waals surface area contributed by atoms with Crippen LogP contribution in [0.3, 0.4) is 0 Å². The minimum absolute atomic E-state index is 0.0205. The fraction of sp³-hybridized carbons (Fsp3) is 0.692. The van der Waals surface area contributed by atoms with E-state index in [1.807, 2.05) is 0 Å². The second-order valence-electron chi connectivity index (χ2n) is 5.55. The molecule has 0 bridgehead atoms. The monoisotopic (exact) mass is 285 g/mol. The highest BCUT2D eigenvalue weighted by Crippen LogP contribution is 2.18. The Morgan fingerprint density at radius 2 is 1.85 bits per heavy atom. The summed E-state index contributed by atoms with van der Waals surface area (Å²) in [4.78, 5) is 47.8. The van der Waals surface area contributed by atoms with Gasteiger partial charge in [-0.15, -0.1) is 0 Å². The van der Waals surface area contributed by atoms with E-state index in [1.165, 1.54) is 4.90 Å². The molecule has 1 aliphatic rings. The second-order valence-corrected chi connectivity index (χ2v) is 5.55. The van der Waals surface area contributed by atoms with Gasteiger partial charge in [0.25, 0.3) is 5.78 Å². The first-order valence-corrected chi connectivity index (χ1v) is 6.28. The average molecular weight is 285 g/mol. The van der Waals surface area contributed by atoms with E-state index in [9.17, 15) is 19.2 Å². The Balaban J connectivity index is 2.76. The normalized spacial score (nSPS) is 19.5. The van der Waals surface area contributed by atoms with Gasteiger partial charge in [-0.1, -0.05) is 0 Å². The van der Waals surface area contributed by atoms with Crippen LogP contribution in [-0.2, 0) is 23.9 Å². The van der Waals surface area contributed by atoms with E-state index in [2.05, 4.69) is 4.74 Å². The fourth-order valence-electron chi connectivity index (χ4n) is 1.80. The summed E-state index contributed by atoms with van der Waals surface area (Å²) < 4.78 is 9.49. The van der Waals surface area contributed by atoms with Crippen molar-refractivity contribution < 1.29 is 28.7 Å². The van der Waals surface area contributed by atoms with E-state index in [1.54, 1.807) is 20.8 Å². The molecule has 7 nitrogen and oxygen atoms in total. The Labute approximate surface area is 117 Å². The first-order valence-electron chi connectivity index (χ1n) is 6.28. The van der Waals surface area contributed by atoms with Crippen molar-refractivity contribution in [2.45, 2.75) is 32.8 Å². The van der Waals surface area contributed by atoms with Crippen LogP contribution in [0.25, 0.3) is 0 Å². The quantitative estimate of drug-likeness (QED) is 0.418. The number of ether oxygens (including phenoxy) is 2. The molecule has 1 rings (SSSR count). The Morgan fingerprint density at radius 1 is 1.25 bits per heavy atom. The van der Waals surface area contributed by atoms with Crippen LogP contribution in [0, 0.1) is 5.92 Å². The van der Waals surface area contributed by atoms with E-state index in [0.29, 0.717) is 0 Å². The summed E-state index contributed by atoms with van der Waals surface area (Å²) in [6, 6.07) is 0. The molecule has 1 saturated heterocycles. The number of Topliss-reactive ketones (excluding diaryl/α,β-unsaturated/α-hetero) is 2. The number of carbonyl (C=O) groups is 4. The number of amides is 1. The number of piperidine rings is 1. The molecular formula is C13H19NO6. The van der Waals surface area contributed by atoms with Crippen molar-refractivity contribution >= 4 is 23.6 Å². The Morgan fingerprint density at radius 3 is 2.35 bits per heavy atom. The summed E-state index contributed by atoms with van der Waals surface area (Å²) in [5.41, 5.74) is -0.666. The number of nitrogens with zero attached hydrogens (tertiary/aromatic N) is 1. The Bertz CT molecular complexity index is 437. The van der Waals surface area contributed by atoms with Crippen LogP contribution in [0.5, 0.6) is 0 Å². The van der Waals surface area contributed by atoms with Gasteiger partial charge in [0.1, 0.15) is 17.3 Å². The topological polar surface area (TPSA) is 90.0 Å². The molecule has 0 N–H and O–H groups in total. The first kappa shape index (κ1) is 16.1. The fourth-order valence-corrected chi connectivity index (χ4v) is 1.80. The lowest BCUT2D eigenvalue weighted by Crippen LogP contribution is -2.49. The molecule has 1 heterocycles. The van der Waals surface area contributed by atoms with Crippen LogP contribution in [-0.4, -0.2) is 54.3 Å². The highest BCUT2D eigenvalue weighted by Gasteiger charge is 2.39. The van der Waals surface area contributed by atoms with Crippen LogP contribution in [0.4, 0.5) is 4.79 Å². The molecule has 1 fully saturated rings. The van der Waals surface area contributed by atoms with Crippen molar-refractivity contribution in [1.29, 1.82) is 0 Å². The Hall–Kier alpha value is -1.92. The highest BCUT2D eigenvalue weighted by molar-refractivity contribution is 6.38. The van der Waals surface area contributed by atoms with E-state index < -0.39 is 29.4 Å². The summed E-state index contributed by atoms with van der Waals surface area (Å²) in [6.07, 6.45) is -0.584.